The van der Waals surface area contributed by atoms with Gasteiger partial charge >= 0.3 is 0 Å². The molecule has 0 spiro atoms. The molecular weight excluding hydrogens is 590 g/mol. The average molecular weight is 636 g/mol. The molecular formula is C35H45N3O6S. The van der Waals surface area contributed by atoms with E-state index in [-0.39, 0.29) is 29.1 Å². The van der Waals surface area contributed by atoms with Crippen LogP contribution in [0.4, 0.5) is 5.69 Å². The molecule has 3 aromatic rings. The third-order valence-electron chi connectivity index (χ3n) is 8.31. The Balaban J connectivity index is 1.73. The van der Waals surface area contributed by atoms with Crippen LogP contribution >= 0.6 is 0 Å². The van der Waals surface area contributed by atoms with Gasteiger partial charge in [0.25, 0.3) is 10.0 Å². The van der Waals surface area contributed by atoms with Gasteiger partial charge in [-0.05, 0) is 81.5 Å². The molecule has 1 N–H and O–H groups in total. The standard InChI is InChI=1S/C35H45N3O6S/c1-24-12-14-28(15-13-24)22-37(27(4)35(40)36-29-10-8-7-9-11-29)34(39)23-38(30-19-25(2)18-26(3)20-30)45(41,42)31-16-17-32(43-5)33(21-31)44-6/h12-21,27,29H,7-11,22-23H2,1-6H3,(H,36,40). The van der Waals surface area contributed by atoms with Crippen molar-refractivity contribution in [2.24, 2.45) is 0 Å². The monoisotopic (exact) mass is 635 g/mol. The Bertz CT molecular complexity index is 1580. The molecule has 1 fully saturated rings. The Labute approximate surface area is 267 Å². The van der Waals surface area contributed by atoms with Crippen molar-refractivity contribution >= 4 is 27.5 Å². The molecule has 10 heteroatoms. The van der Waals surface area contributed by atoms with Crippen molar-refractivity contribution in [3.63, 3.8) is 0 Å². The fourth-order valence-corrected chi connectivity index (χ4v) is 7.18. The molecule has 0 aromatic heterocycles. The number of carbonyl (C=O) groups is 2. The SMILES string of the molecule is COc1ccc(S(=O)(=O)N(CC(=O)N(Cc2ccc(C)cc2)C(C)C(=O)NC2CCCCC2)c2cc(C)cc(C)c2)cc1OC. The lowest BCUT2D eigenvalue weighted by Gasteiger charge is -2.33. The van der Waals surface area contributed by atoms with E-state index in [0.29, 0.717) is 11.4 Å². The number of nitrogens with one attached hydrogen (secondary N) is 1. The first-order valence-electron chi connectivity index (χ1n) is 15.4. The van der Waals surface area contributed by atoms with Crippen LogP contribution in [-0.4, -0.2) is 58.0 Å². The first-order chi connectivity index (χ1) is 21.4. The number of sulfonamides is 1. The number of aryl methyl sites for hydroxylation is 3. The number of rotatable bonds is 12. The minimum atomic E-state index is -4.27. The van der Waals surface area contributed by atoms with E-state index in [1.54, 1.807) is 19.1 Å². The van der Waals surface area contributed by atoms with Gasteiger partial charge in [-0.25, -0.2) is 8.42 Å². The number of benzene rings is 3. The van der Waals surface area contributed by atoms with E-state index in [2.05, 4.69) is 5.32 Å². The molecule has 0 heterocycles. The number of amides is 2. The normalized spacial score (nSPS) is 14.4. The van der Waals surface area contributed by atoms with Crippen LogP contribution in [0.25, 0.3) is 0 Å². The number of methoxy groups -OCH3 is 2. The fraction of sp³-hybridized carbons (Fsp3) is 0.429. The quantitative estimate of drug-likeness (QED) is 0.274. The van der Waals surface area contributed by atoms with Gasteiger partial charge in [-0.3, -0.25) is 13.9 Å². The van der Waals surface area contributed by atoms with Gasteiger partial charge in [0, 0.05) is 18.7 Å². The van der Waals surface area contributed by atoms with Gasteiger partial charge in [0.15, 0.2) is 11.5 Å². The largest absolute Gasteiger partial charge is 0.493 e. The van der Waals surface area contributed by atoms with Crippen LogP contribution < -0.4 is 19.1 Å². The molecule has 1 saturated carbocycles. The summed E-state index contributed by atoms with van der Waals surface area (Å²) < 4.78 is 40.5. The maximum Gasteiger partial charge on any atom is 0.264 e. The number of hydrogen-bond acceptors (Lipinski definition) is 6. The van der Waals surface area contributed by atoms with Gasteiger partial charge in [0.2, 0.25) is 11.8 Å². The Kier molecular flexibility index (Phi) is 11.1. The molecule has 0 radical (unpaired) electrons. The Morgan fingerprint density at radius 3 is 2.07 bits per heavy atom. The summed E-state index contributed by atoms with van der Waals surface area (Å²) in [6.45, 7) is 7.08. The molecule has 1 aliphatic rings. The van der Waals surface area contributed by atoms with Crippen molar-refractivity contribution in [1.82, 2.24) is 10.2 Å². The number of anilines is 1. The van der Waals surface area contributed by atoms with Crippen LogP contribution in [0.15, 0.2) is 65.6 Å². The summed E-state index contributed by atoms with van der Waals surface area (Å²) >= 11 is 0. The summed E-state index contributed by atoms with van der Waals surface area (Å²) in [6.07, 6.45) is 5.10. The van der Waals surface area contributed by atoms with E-state index >= 15 is 0 Å². The van der Waals surface area contributed by atoms with Crippen LogP contribution in [0.2, 0.25) is 0 Å². The molecule has 1 atom stereocenters. The number of nitrogens with zero attached hydrogens (tertiary/aromatic N) is 2. The lowest BCUT2D eigenvalue weighted by Crippen LogP contribution is -2.53. The van der Waals surface area contributed by atoms with Crippen molar-refractivity contribution in [2.45, 2.75) is 83.3 Å². The van der Waals surface area contributed by atoms with Gasteiger partial charge in [0.05, 0.1) is 24.8 Å². The molecule has 1 aliphatic carbocycles. The minimum Gasteiger partial charge on any atom is -0.493 e. The molecule has 4 rings (SSSR count). The maximum atomic E-state index is 14.3. The molecule has 0 saturated heterocycles. The maximum absolute atomic E-state index is 14.3. The molecule has 242 valence electrons. The van der Waals surface area contributed by atoms with Gasteiger partial charge in [0.1, 0.15) is 12.6 Å². The molecule has 1 unspecified atom stereocenters. The third-order valence-corrected chi connectivity index (χ3v) is 10.1. The van der Waals surface area contributed by atoms with Crippen LogP contribution in [-0.2, 0) is 26.2 Å². The Hall–Kier alpha value is -4.05. The van der Waals surface area contributed by atoms with Crippen molar-refractivity contribution in [3.8, 4) is 11.5 Å². The van der Waals surface area contributed by atoms with Crippen LogP contribution in [0.5, 0.6) is 11.5 Å². The first kappa shape index (κ1) is 33.8. The zero-order valence-corrected chi connectivity index (χ0v) is 27.9. The van der Waals surface area contributed by atoms with Gasteiger partial charge in [-0.1, -0.05) is 55.2 Å². The molecule has 3 aromatic carbocycles. The topological polar surface area (TPSA) is 105 Å². The van der Waals surface area contributed by atoms with E-state index < -0.39 is 28.5 Å². The van der Waals surface area contributed by atoms with E-state index in [1.807, 2.05) is 51.1 Å². The summed E-state index contributed by atoms with van der Waals surface area (Å²) in [5.74, 6) is -0.111. The molecule has 45 heavy (non-hydrogen) atoms. The van der Waals surface area contributed by atoms with Gasteiger partial charge in [-0.2, -0.15) is 0 Å². The highest BCUT2D eigenvalue weighted by Crippen LogP contribution is 2.33. The number of carbonyl (C=O) groups excluding carboxylic acids is 2. The summed E-state index contributed by atoms with van der Waals surface area (Å²) in [4.78, 5) is 29.3. The van der Waals surface area contributed by atoms with E-state index in [1.165, 1.54) is 37.3 Å². The van der Waals surface area contributed by atoms with Crippen molar-refractivity contribution < 1.29 is 27.5 Å². The van der Waals surface area contributed by atoms with Crippen molar-refractivity contribution in [1.29, 1.82) is 0 Å². The van der Waals surface area contributed by atoms with E-state index in [0.717, 1.165) is 58.7 Å². The minimum absolute atomic E-state index is 0.0553. The predicted molar refractivity (Wildman–Crippen MR) is 176 cm³/mol. The zero-order chi connectivity index (χ0) is 32.7. The number of hydrogen-bond donors (Lipinski definition) is 1. The van der Waals surface area contributed by atoms with E-state index in [9.17, 15) is 18.0 Å². The second-order valence-electron chi connectivity index (χ2n) is 11.9. The highest BCUT2D eigenvalue weighted by Gasteiger charge is 2.34. The summed E-state index contributed by atoms with van der Waals surface area (Å²) in [7, 11) is -1.37. The van der Waals surface area contributed by atoms with Crippen molar-refractivity contribution in [2.75, 3.05) is 25.1 Å². The predicted octanol–water partition coefficient (Wildman–Crippen LogP) is 5.69. The molecule has 2 amide bonds. The smallest absolute Gasteiger partial charge is 0.264 e. The Morgan fingerprint density at radius 2 is 1.47 bits per heavy atom. The highest BCUT2D eigenvalue weighted by molar-refractivity contribution is 7.92. The zero-order valence-electron chi connectivity index (χ0n) is 27.1. The second-order valence-corrected chi connectivity index (χ2v) is 13.8. The second kappa shape index (κ2) is 14.8. The first-order valence-corrected chi connectivity index (χ1v) is 16.9. The van der Waals surface area contributed by atoms with Crippen LogP contribution in [0.1, 0.15) is 61.3 Å². The summed E-state index contributed by atoms with van der Waals surface area (Å²) in [5.41, 5.74) is 3.96. The summed E-state index contributed by atoms with van der Waals surface area (Å²) in [5, 5.41) is 3.14. The van der Waals surface area contributed by atoms with Gasteiger partial charge in [-0.15, -0.1) is 0 Å². The lowest BCUT2D eigenvalue weighted by molar-refractivity contribution is -0.139. The van der Waals surface area contributed by atoms with E-state index in [4.69, 9.17) is 9.47 Å². The van der Waals surface area contributed by atoms with Crippen LogP contribution in [0, 0.1) is 20.8 Å². The number of ether oxygens (including phenoxy) is 2. The lowest BCUT2D eigenvalue weighted by atomic mass is 9.95. The summed E-state index contributed by atoms with van der Waals surface area (Å²) in [6, 6.07) is 16.7. The average Bonchev–Trinajstić information content (AvgIpc) is 3.02. The molecule has 0 bridgehead atoms. The molecule has 9 nitrogen and oxygen atoms in total. The fourth-order valence-electron chi connectivity index (χ4n) is 5.77. The van der Waals surface area contributed by atoms with Gasteiger partial charge < -0.3 is 19.7 Å². The highest BCUT2D eigenvalue weighted by atomic mass is 32.2. The Morgan fingerprint density at radius 1 is 0.844 bits per heavy atom. The third kappa shape index (κ3) is 8.36. The molecule has 0 aliphatic heterocycles. The van der Waals surface area contributed by atoms with Crippen molar-refractivity contribution in [3.05, 3.63) is 82.9 Å². The van der Waals surface area contributed by atoms with Crippen LogP contribution in [0.3, 0.4) is 0 Å².